The van der Waals surface area contributed by atoms with Gasteiger partial charge in [0.05, 0.1) is 17.6 Å². The van der Waals surface area contributed by atoms with Crippen molar-refractivity contribution < 1.29 is 4.79 Å². The zero-order chi connectivity index (χ0) is 21.1. The summed E-state index contributed by atoms with van der Waals surface area (Å²) in [4.78, 5) is 19.6. The van der Waals surface area contributed by atoms with Crippen LogP contribution < -0.4 is 4.42 Å². The van der Waals surface area contributed by atoms with Crippen molar-refractivity contribution in [2.75, 3.05) is 25.1 Å². The molecule has 1 heterocycles. The molecule has 0 spiro atoms. The first-order chi connectivity index (χ1) is 14.5. The van der Waals surface area contributed by atoms with Gasteiger partial charge in [0.2, 0.25) is 0 Å². The zero-order valence-corrected chi connectivity index (χ0v) is 17.9. The van der Waals surface area contributed by atoms with Crippen LogP contribution in [-0.4, -0.2) is 36.4 Å². The van der Waals surface area contributed by atoms with Gasteiger partial charge in [0, 0.05) is 23.9 Å². The fraction of sp³-hybridized carbons (Fsp3) is 0.200. The van der Waals surface area contributed by atoms with Gasteiger partial charge < -0.3 is 4.90 Å². The molecule has 3 aromatic rings. The van der Waals surface area contributed by atoms with Crippen molar-refractivity contribution in [1.29, 1.82) is 0 Å². The predicted octanol–water partition coefficient (Wildman–Crippen LogP) is 5.44. The van der Waals surface area contributed by atoms with E-state index in [0.717, 1.165) is 46.2 Å². The van der Waals surface area contributed by atoms with Gasteiger partial charge in [0.25, 0.3) is 5.91 Å². The zero-order valence-electron chi connectivity index (χ0n) is 17.2. The molecule has 0 radical (unpaired) electrons. The fourth-order valence-corrected chi connectivity index (χ4v) is 3.89. The van der Waals surface area contributed by atoms with E-state index in [1.54, 1.807) is 6.20 Å². The fourth-order valence-electron chi connectivity index (χ4n) is 3.70. The van der Waals surface area contributed by atoms with Crippen LogP contribution in [0.1, 0.15) is 28.0 Å². The lowest BCUT2D eigenvalue weighted by atomic mass is 9.95. The third-order valence-electron chi connectivity index (χ3n) is 5.21. The van der Waals surface area contributed by atoms with Gasteiger partial charge in [0.1, 0.15) is 0 Å². The average Bonchev–Trinajstić information content (AvgIpc) is 2.78. The molecule has 0 atom stereocenters. The van der Waals surface area contributed by atoms with Crippen LogP contribution in [0.4, 0.5) is 5.69 Å². The topological polar surface area (TPSA) is 36.4 Å². The van der Waals surface area contributed by atoms with E-state index in [-0.39, 0.29) is 5.91 Å². The number of aromatic nitrogens is 1. The Balaban J connectivity index is 1.51. The largest absolute Gasteiger partial charge is 0.305 e. The minimum absolute atomic E-state index is 0.266. The molecule has 0 saturated carbocycles. The number of pyridine rings is 1. The summed E-state index contributed by atoms with van der Waals surface area (Å²) in [6.07, 6.45) is 5.70. The van der Waals surface area contributed by atoms with Crippen LogP contribution in [0.15, 0.2) is 72.4 Å². The number of aryl methyl sites for hydroxylation is 1. The maximum absolute atomic E-state index is 12.9. The van der Waals surface area contributed by atoms with Crippen LogP contribution in [0.5, 0.6) is 0 Å². The number of carbonyl (C=O) groups excluding carboxylic acids is 1. The molecule has 0 N–H and O–H groups in total. The summed E-state index contributed by atoms with van der Waals surface area (Å²) in [6.45, 7) is 0.933. The molecule has 0 aliphatic heterocycles. The average molecular weight is 418 g/mol. The summed E-state index contributed by atoms with van der Waals surface area (Å²) >= 11 is 6.41. The summed E-state index contributed by atoms with van der Waals surface area (Å²) in [7, 11) is 4.13. The molecule has 30 heavy (non-hydrogen) atoms. The molecule has 0 saturated heterocycles. The Bertz CT molecular complexity index is 1080. The van der Waals surface area contributed by atoms with E-state index >= 15 is 0 Å². The third kappa shape index (κ3) is 4.45. The highest BCUT2D eigenvalue weighted by atomic mass is 35.5. The van der Waals surface area contributed by atoms with Gasteiger partial charge in [-0.3, -0.25) is 9.78 Å². The Morgan fingerprint density at radius 2 is 1.70 bits per heavy atom. The smallest absolute Gasteiger partial charge is 0.272 e. The maximum Gasteiger partial charge on any atom is 0.272 e. The molecule has 2 aromatic carbocycles. The Morgan fingerprint density at radius 3 is 2.40 bits per heavy atom. The normalized spacial score (nSPS) is 13.0. The van der Waals surface area contributed by atoms with E-state index in [1.165, 1.54) is 5.57 Å². The molecule has 152 valence electrons. The van der Waals surface area contributed by atoms with E-state index in [9.17, 15) is 4.79 Å². The van der Waals surface area contributed by atoms with Crippen molar-refractivity contribution in [3.8, 4) is 11.1 Å². The van der Waals surface area contributed by atoms with Crippen molar-refractivity contribution in [3.63, 3.8) is 0 Å². The quantitative estimate of drug-likeness (QED) is 0.518. The lowest BCUT2D eigenvalue weighted by Gasteiger charge is -2.21. The van der Waals surface area contributed by atoms with E-state index in [4.69, 9.17) is 11.8 Å². The van der Waals surface area contributed by atoms with E-state index < -0.39 is 0 Å². The summed E-state index contributed by atoms with van der Waals surface area (Å²) in [5, 5.41) is 0. The lowest BCUT2D eigenvalue weighted by molar-refractivity contribution is 0.101. The maximum atomic E-state index is 12.9. The second-order valence-electron chi connectivity index (χ2n) is 7.81. The monoisotopic (exact) mass is 417 g/mol. The lowest BCUT2D eigenvalue weighted by Crippen LogP contribution is -2.21. The molecule has 1 aliphatic rings. The first-order valence-electron chi connectivity index (χ1n) is 10.00. The van der Waals surface area contributed by atoms with Crippen molar-refractivity contribution in [2.45, 2.75) is 12.8 Å². The number of carbonyl (C=O) groups is 1. The van der Waals surface area contributed by atoms with Crippen molar-refractivity contribution >= 4 is 29.4 Å². The Morgan fingerprint density at radius 1 is 1.00 bits per heavy atom. The van der Waals surface area contributed by atoms with Crippen molar-refractivity contribution in [1.82, 2.24) is 9.88 Å². The molecule has 1 aliphatic carbocycles. The van der Waals surface area contributed by atoms with Crippen LogP contribution in [0.2, 0.25) is 0 Å². The number of nitrogens with zero attached hydrogens (tertiary/aromatic N) is 3. The number of hydrogen-bond acceptors (Lipinski definition) is 3. The second kappa shape index (κ2) is 8.82. The Labute approximate surface area is 182 Å². The highest BCUT2D eigenvalue weighted by Crippen LogP contribution is 2.28. The highest BCUT2D eigenvalue weighted by Gasteiger charge is 2.19. The SMILES string of the molecule is CN(C)CC1=Cc2ncc(N(Cl)C(=O)c3ccc(-c4ccccc4)cc3)cc2CC1. The molecular weight excluding hydrogens is 394 g/mol. The molecular formula is C25H24ClN3O. The number of fused-ring (bicyclic) bond motifs is 1. The van der Waals surface area contributed by atoms with Crippen molar-refractivity contribution in [2.24, 2.45) is 0 Å². The van der Waals surface area contributed by atoms with Crippen LogP contribution in [0.25, 0.3) is 17.2 Å². The third-order valence-corrected chi connectivity index (χ3v) is 5.56. The van der Waals surface area contributed by atoms with Crippen LogP contribution in [0, 0.1) is 0 Å². The second-order valence-corrected chi connectivity index (χ2v) is 8.15. The first kappa shape index (κ1) is 20.3. The highest BCUT2D eigenvalue weighted by molar-refractivity contribution is 6.39. The first-order valence-corrected chi connectivity index (χ1v) is 10.3. The van der Waals surface area contributed by atoms with Crippen molar-refractivity contribution in [3.05, 3.63) is 89.3 Å². The summed E-state index contributed by atoms with van der Waals surface area (Å²) in [5.41, 5.74) is 6.75. The summed E-state index contributed by atoms with van der Waals surface area (Å²) < 4.78 is 1.16. The number of benzene rings is 2. The predicted molar refractivity (Wildman–Crippen MR) is 124 cm³/mol. The molecule has 0 fully saturated rings. The molecule has 1 aromatic heterocycles. The molecule has 0 unspecified atom stereocenters. The minimum Gasteiger partial charge on any atom is -0.305 e. The summed E-state index contributed by atoms with van der Waals surface area (Å²) in [6, 6.07) is 19.5. The Hall–Kier alpha value is -2.95. The number of amides is 1. The van der Waals surface area contributed by atoms with E-state index in [0.29, 0.717) is 11.3 Å². The van der Waals surface area contributed by atoms with Crippen LogP contribution >= 0.6 is 11.8 Å². The van der Waals surface area contributed by atoms with Crippen LogP contribution in [-0.2, 0) is 6.42 Å². The van der Waals surface area contributed by atoms with Gasteiger partial charge in [-0.25, -0.2) is 4.42 Å². The molecule has 4 rings (SSSR count). The van der Waals surface area contributed by atoms with Gasteiger partial charge in [-0.05, 0) is 67.9 Å². The molecule has 4 nitrogen and oxygen atoms in total. The minimum atomic E-state index is -0.266. The number of rotatable bonds is 5. The number of hydrogen-bond donors (Lipinski definition) is 0. The molecule has 1 amide bonds. The number of likely N-dealkylation sites (N-methyl/N-ethyl adjacent to an activating group) is 1. The van der Waals surface area contributed by atoms with Gasteiger partial charge in [-0.1, -0.05) is 48.0 Å². The van der Waals surface area contributed by atoms with Gasteiger partial charge in [0.15, 0.2) is 0 Å². The summed E-state index contributed by atoms with van der Waals surface area (Å²) in [5.74, 6) is -0.266. The van der Waals surface area contributed by atoms with Gasteiger partial charge >= 0.3 is 0 Å². The van der Waals surface area contributed by atoms with E-state index in [1.807, 2.05) is 60.7 Å². The number of anilines is 1. The molecule has 5 heteroatoms. The van der Waals surface area contributed by atoms with Gasteiger partial charge in [-0.2, -0.15) is 0 Å². The number of halogens is 1. The van der Waals surface area contributed by atoms with E-state index in [2.05, 4.69) is 30.1 Å². The Kier molecular flexibility index (Phi) is 5.98. The van der Waals surface area contributed by atoms with Gasteiger partial charge in [-0.15, -0.1) is 0 Å². The van der Waals surface area contributed by atoms with Crippen LogP contribution in [0.3, 0.4) is 0 Å². The standard InChI is InChI=1S/C25H24ClN3O/c1-28(2)17-18-8-9-22-15-23(16-27-24(22)14-18)29(26)25(30)21-12-10-20(11-13-21)19-6-4-3-5-7-19/h3-7,10-16H,8-9,17H2,1-2H3. The molecule has 0 bridgehead atoms.